The fourth-order valence-corrected chi connectivity index (χ4v) is 5.45. The highest BCUT2D eigenvalue weighted by molar-refractivity contribution is 7.90. The van der Waals surface area contributed by atoms with Crippen LogP contribution < -0.4 is 11.1 Å². The molecule has 0 atom stereocenters. The van der Waals surface area contributed by atoms with Gasteiger partial charge >= 0.3 is 0 Å². The van der Waals surface area contributed by atoms with Gasteiger partial charge in [0.05, 0.1) is 21.2 Å². The monoisotopic (exact) mass is 545 g/mol. The van der Waals surface area contributed by atoms with Crippen molar-refractivity contribution in [2.75, 3.05) is 11.6 Å². The van der Waals surface area contributed by atoms with Gasteiger partial charge < -0.3 is 11.1 Å². The smallest absolute Gasteiger partial charge is 0.285 e. The number of nitrogens with two attached hydrogens (primary N) is 1. The van der Waals surface area contributed by atoms with E-state index in [1.807, 2.05) is 6.07 Å². The standard InChI is InChI=1S/C27H23N5O6S/c1-15-4-3-5-21(24(15)32(35)36)27(34)29-17-8-6-16-7-13-20-23(26(28)33)30-31(25(20)22(16)14-17)18-9-11-19(12-10-18)39(2,37)38/h3-6,8-12,14H,7,13H2,1-2H3,(H2,28,33)(H,29,34). The van der Waals surface area contributed by atoms with Crippen LogP contribution in [0, 0.1) is 17.0 Å². The van der Waals surface area contributed by atoms with Gasteiger partial charge in [0, 0.05) is 28.6 Å². The summed E-state index contributed by atoms with van der Waals surface area (Å²) in [5.74, 6) is -1.33. The van der Waals surface area contributed by atoms with Crippen LogP contribution in [0.15, 0.2) is 65.6 Å². The molecule has 0 unspecified atom stereocenters. The Hall–Kier alpha value is -4.84. The number of fused-ring (bicyclic) bond motifs is 3. The number of benzene rings is 3. The van der Waals surface area contributed by atoms with E-state index < -0.39 is 26.6 Å². The lowest BCUT2D eigenvalue weighted by Crippen LogP contribution is -2.16. The summed E-state index contributed by atoms with van der Waals surface area (Å²) in [6, 6.07) is 15.9. The van der Waals surface area contributed by atoms with Crippen LogP contribution in [0.25, 0.3) is 16.9 Å². The molecule has 4 aromatic rings. The van der Waals surface area contributed by atoms with E-state index in [-0.39, 0.29) is 21.8 Å². The predicted octanol–water partition coefficient (Wildman–Crippen LogP) is 3.61. The van der Waals surface area contributed by atoms with Crippen molar-refractivity contribution in [3.8, 4) is 16.9 Å². The number of nitro groups is 1. The highest BCUT2D eigenvalue weighted by atomic mass is 32.2. The summed E-state index contributed by atoms with van der Waals surface area (Å²) in [7, 11) is -3.41. The van der Waals surface area contributed by atoms with E-state index in [2.05, 4.69) is 10.4 Å². The minimum absolute atomic E-state index is 0.0644. The fraction of sp³-hybridized carbons (Fsp3) is 0.148. The topological polar surface area (TPSA) is 167 Å². The SMILES string of the molecule is Cc1cccc(C(=O)Nc2ccc3c(c2)-c2c(c(C(N)=O)nn2-c2ccc(S(C)(=O)=O)cc2)CC3)c1[N+](=O)[O-]. The molecule has 39 heavy (non-hydrogen) atoms. The summed E-state index contributed by atoms with van der Waals surface area (Å²) in [5.41, 5.74) is 9.55. The Kier molecular flexibility index (Phi) is 6.27. The average Bonchev–Trinajstić information content (AvgIpc) is 3.28. The number of nitrogens with one attached hydrogen (secondary N) is 1. The van der Waals surface area contributed by atoms with Gasteiger partial charge in [0.15, 0.2) is 15.5 Å². The third kappa shape index (κ3) is 4.66. The summed E-state index contributed by atoms with van der Waals surface area (Å²) in [6.45, 7) is 1.56. The molecule has 0 saturated heterocycles. The molecule has 0 saturated carbocycles. The molecule has 5 rings (SSSR count). The Morgan fingerprint density at radius 2 is 1.79 bits per heavy atom. The summed E-state index contributed by atoms with van der Waals surface area (Å²) in [5, 5.41) is 18.8. The fourth-order valence-electron chi connectivity index (χ4n) is 4.82. The lowest BCUT2D eigenvalue weighted by atomic mass is 9.88. The molecule has 2 amide bonds. The summed E-state index contributed by atoms with van der Waals surface area (Å²) in [6.07, 6.45) is 2.21. The molecule has 0 bridgehead atoms. The Bertz CT molecular complexity index is 1790. The molecule has 11 nitrogen and oxygen atoms in total. The summed E-state index contributed by atoms with van der Waals surface area (Å²) >= 11 is 0. The second kappa shape index (κ2) is 9.48. The van der Waals surface area contributed by atoms with Crippen molar-refractivity contribution in [1.29, 1.82) is 0 Å². The van der Waals surface area contributed by atoms with Crippen LogP contribution in [-0.4, -0.2) is 41.2 Å². The number of hydrogen-bond acceptors (Lipinski definition) is 7. The highest BCUT2D eigenvalue weighted by Crippen LogP contribution is 2.38. The molecule has 3 aromatic carbocycles. The van der Waals surface area contributed by atoms with Crippen molar-refractivity contribution in [3.63, 3.8) is 0 Å². The Morgan fingerprint density at radius 3 is 2.44 bits per heavy atom. The third-order valence-electron chi connectivity index (χ3n) is 6.66. The molecule has 0 spiro atoms. The van der Waals surface area contributed by atoms with Crippen molar-refractivity contribution in [2.24, 2.45) is 5.73 Å². The average molecular weight is 546 g/mol. The maximum atomic E-state index is 13.1. The van der Waals surface area contributed by atoms with Crippen LogP contribution in [-0.2, 0) is 22.7 Å². The second-order valence-corrected chi connectivity index (χ2v) is 11.3. The van der Waals surface area contributed by atoms with Crippen molar-refractivity contribution in [1.82, 2.24) is 9.78 Å². The van der Waals surface area contributed by atoms with E-state index in [1.54, 1.807) is 43.3 Å². The van der Waals surface area contributed by atoms with Gasteiger partial charge in [0.2, 0.25) is 0 Å². The molecule has 12 heteroatoms. The van der Waals surface area contributed by atoms with Gasteiger partial charge in [-0.1, -0.05) is 18.2 Å². The van der Waals surface area contributed by atoms with Crippen molar-refractivity contribution in [3.05, 3.63) is 98.7 Å². The first-order valence-electron chi connectivity index (χ1n) is 11.9. The van der Waals surface area contributed by atoms with Crippen molar-refractivity contribution >= 4 is 33.0 Å². The van der Waals surface area contributed by atoms with E-state index in [1.165, 1.54) is 22.9 Å². The molecule has 1 aromatic heterocycles. The lowest BCUT2D eigenvalue weighted by Gasteiger charge is -2.20. The van der Waals surface area contributed by atoms with Crippen molar-refractivity contribution in [2.45, 2.75) is 24.7 Å². The van der Waals surface area contributed by atoms with Gasteiger partial charge in [-0.3, -0.25) is 19.7 Å². The Balaban J connectivity index is 1.60. The first kappa shape index (κ1) is 25.8. The molecule has 198 valence electrons. The van der Waals surface area contributed by atoms with Gasteiger partial charge in [0.25, 0.3) is 17.5 Å². The molecular formula is C27H23N5O6S. The number of anilines is 1. The number of aryl methyl sites for hydroxylation is 2. The number of para-hydroxylation sites is 1. The van der Waals surface area contributed by atoms with Crippen LogP contribution in [0.2, 0.25) is 0 Å². The van der Waals surface area contributed by atoms with Crippen LogP contribution in [0.5, 0.6) is 0 Å². The Labute approximate surface area is 223 Å². The van der Waals surface area contributed by atoms with Gasteiger partial charge in [-0.25, -0.2) is 13.1 Å². The van der Waals surface area contributed by atoms with E-state index in [0.717, 1.165) is 11.8 Å². The van der Waals surface area contributed by atoms with E-state index in [4.69, 9.17) is 5.73 Å². The lowest BCUT2D eigenvalue weighted by molar-refractivity contribution is -0.385. The highest BCUT2D eigenvalue weighted by Gasteiger charge is 2.29. The van der Waals surface area contributed by atoms with Crippen LogP contribution in [0.1, 0.15) is 37.5 Å². The molecule has 0 radical (unpaired) electrons. The number of primary amides is 1. The summed E-state index contributed by atoms with van der Waals surface area (Å²) in [4.78, 5) is 36.4. The molecule has 1 aliphatic rings. The van der Waals surface area contributed by atoms with E-state index in [0.29, 0.717) is 46.6 Å². The van der Waals surface area contributed by atoms with Gasteiger partial charge in [0.1, 0.15) is 5.56 Å². The number of amides is 2. The molecule has 1 heterocycles. The van der Waals surface area contributed by atoms with Crippen LogP contribution in [0.3, 0.4) is 0 Å². The predicted molar refractivity (Wildman–Crippen MR) is 144 cm³/mol. The third-order valence-corrected chi connectivity index (χ3v) is 7.79. The number of carbonyl (C=O) groups excluding carboxylic acids is 2. The zero-order chi connectivity index (χ0) is 28.1. The molecule has 0 aliphatic heterocycles. The first-order chi connectivity index (χ1) is 18.5. The number of nitrogens with zero attached hydrogens (tertiary/aromatic N) is 3. The van der Waals surface area contributed by atoms with Crippen LogP contribution >= 0.6 is 0 Å². The molecule has 1 aliphatic carbocycles. The zero-order valence-electron chi connectivity index (χ0n) is 21.0. The maximum absolute atomic E-state index is 13.1. The number of nitro benzene ring substituents is 1. The van der Waals surface area contributed by atoms with E-state index in [9.17, 15) is 28.1 Å². The Morgan fingerprint density at radius 1 is 1.08 bits per heavy atom. The minimum Gasteiger partial charge on any atom is -0.364 e. The van der Waals surface area contributed by atoms with Gasteiger partial charge in [-0.2, -0.15) is 5.10 Å². The normalized spacial score (nSPS) is 12.4. The number of carbonyl (C=O) groups is 2. The van der Waals surface area contributed by atoms with Gasteiger partial charge in [-0.05, 0) is 67.8 Å². The largest absolute Gasteiger partial charge is 0.364 e. The number of rotatable bonds is 6. The number of aromatic nitrogens is 2. The van der Waals surface area contributed by atoms with Crippen molar-refractivity contribution < 1.29 is 22.9 Å². The number of sulfone groups is 1. The quantitative estimate of drug-likeness (QED) is 0.276. The first-order valence-corrected chi connectivity index (χ1v) is 13.8. The molecule has 3 N–H and O–H groups in total. The maximum Gasteiger partial charge on any atom is 0.285 e. The molecular weight excluding hydrogens is 522 g/mol. The minimum atomic E-state index is -3.41. The molecule has 0 fully saturated rings. The second-order valence-electron chi connectivity index (χ2n) is 9.27. The van der Waals surface area contributed by atoms with Crippen LogP contribution in [0.4, 0.5) is 11.4 Å². The summed E-state index contributed by atoms with van der Waals surface area (Å²) < 4.78 is 25.4. The zero-order valence-corrected chi connectivity index (χ0v) is 21.8. The number of hydrogen-bond donors (Lipinski definition) is 2. The van der Waals surface area contributed by atoms with Gasteiger partial charge in [-0.15, -0.1) is 0 Å². The van der Waals surface area contributed by atoms with E-state index >= 15 is 0 Å².